The Kier molecular flexibility index (Phi) is 9.78. The van der Waals surface area contributed by atoms with Gasteiger partial charge in [-0.3, -0.25) is 0 Å². The summed E-state index contributed by atoms with van der Waals surface area (Å²) in [6.45, 7) is 21.7. The van der Waals surface area contributed by atoms with Gasteiger partial charge in [0.2, 0.25) is 0 Å². The lowest BCUT2D eigenvalue weighted by Crippen LogP contribution is -2.61. The van der Waals surface area contributed by atoms with Crippen molar-refractivity contribution in [3.63, 3.8) is 0 Å². The van der Waals surface area contributed by atoms with Crippen LogP contribution in [0.25, 0.3) is 43.9 Å². The highest BCUT2D eigenvalue weighted by Crippen LogP contribution is 2.64. The first kappa shape index (κ1) is 48.5. The molecule has 9 aromatic carbocycles. The van der Waals surface area contributed by atoms with Gasteiger partial charge < -0.3 is 28.4 Å². The average Bonchev–Trinajstić information content (AvgIpc) is 2.03. The molecule has 82 heavy (non-hydrogen) atoms. The fourth-order valence-corrected chi connectivity index (χ4v) is 18.3. The molecular weight excluding hydrogens is 1000 g/mol. The standard InChI is InChI=1S/C75H69BN4O2/c1-44-36-47(4)67-61(38-44)79(74(8)34-16-14-32-72(67,74)6)49-28-30-55-59(42-49)77(57-24-18-22-53-51-20-10-12-26-65(51)81-70(53)57)63-40-46(3)41-64-69(63)76(55)56-31-29-50(80-62-39-45(2)37-48(5)68(62)73(7)33-15-17-35-75(73,80)9)43-60(56)78(64)58-25-19-23-54-52-21-11-13-27-66(52)82-71(54)58/h10-13,18-31,36-43H,14-17,32-35H2,1-9H3. The van der Waals surface area contributed by atoms with Gasteiger partial charge in [0.1, 0.15) is 11.2 Å². The summed E-state index contributed by atoms with van der Waals surface area (Å²) in [5.41, 5.74) is 28.8. The molecule has 4 unspecified atom stereocenters. The molecule has 4 aliphatic heterocycles. The number of nitrogens with zero attached hydrogens (tertiary/aromatic N) is 4. The number of hydrogen-bond acceptors (Lipinski definition) is 6. The molecule has 6 nitrogen and oxygen atoms in total. The lowest BCUT2D eigenvalue weighted by Gasteiger charge is -2.51. The van der Waals surface area contributed by atoms with Crippen LogP contribution < -0.4 is 36.0 Å². The Labute approximate surface area is 482 Å². The van der Waals surface area contributed by atoms with Crippen molar-refractivity contribution in [3.8, 4) is 0 Å². The fourth-order valence-electron chi connectivity index (χ4n) is 18.3. The largest absolute Gasteiger partial charge is 0.454 e. The van der Waals surface area contributed by atoms with E-state index in [0.29, 0.717) is 0 Å². The lowest BCUT2D eigenvalue weighted by molar-refractivity contribution is 0.194. The summed E-state index contributed by atoms with van der Waals surface area (Å²) in [5.74, 6) is 0. The molecule has 2 aliphatic carbocycles. The van der Waals surface area contributed by atoms with Crippen molar-refractivity contribution in [2.75, 3.05) is 19.6 Å². The molecule has 404 valence electrons. The van der Waals surface area contributed by atoms with E-state index in [0.717, 1.165) is 68.1 Å². The van der Waals surface area contributed by atoms with Crippen LogP contribution in [-0.2, 0) is 10.8 Å². The third-order valence-electron chi connectivity index (χ3n) is 22.0. The highest BCUT2D eigenvalue weighted by atomic mass is 16.3. The normalized spacial score (nSPS) is 23.1. The van der Waals surface area contributed by atoms with Gasteiger partial charge in [-0.1, -0.05) is 124 Å². The Balaban J connectivity index is 0.967. The minimum Gasteiger partial charge on any atom is -0.454 e. The summed E-state index contributed by atoms with van der Waals surface area (Å²) in [4.78, 5) is 10.7. The third kappa shape index (κ3) is 6.06. The molecule has 11 aromatic rings. The SMILES string of the molecule is Cc1cc2c3c(c1)N(c1cccc4c1oc1ccccc14)c1cc(N4c5cc(C)cc(C)c5C5(C)CCCCC45C)ccc1B3c1ccc(N3c4cc(C)cc(C)c4C4(C)CCCCC34C)cc1N2c1cccc2c1oc1ccccc12. The molecular formula is C75H69BN4O2. The van der Waals surface area contributed by atoms with E-state index in [1.807, 2.05) is 0 Å². The maximum Gasteiger partial charge on any atom is 0.252 e. The summed E-state index contributed by atoms with van der Waals surface area (Å²) >= 11 is 0. The van der Waals surface area contributed by atoms with Crippen LogP contribution in [0, 0.1) is 34.6 Å². The van der Waals surface area contributed by atoms with Gasteiger partial charge >= 0.3 is 0 Å². The summed E-state index contributed by atoms with van der Waals surface area (Å²) in [5, 5.41) is 4.49. The maximum atomic E-state index is 7.10. The molecule has 17 rings (SSSR count). The predicted molar refractivity (Wildman–Crippen MR) is 344 cm³/mol. The van der Waals surface area contributed by atoms with Gasteiger partial charge in [0, 0.05) is 77.9 Å². The second-order valence-corrected chi connectivity index (χ2v) is 26.6. The Morgan fingerprint density at radius 2 is 0.780 bits per heavy atom. The highest BCUT2D eigenvalue weighted by molar-refractivity contribution is 7.00. The summed E-state index contributed by atoms with van der Waals surface area (Å²) < 4.78 is 14.2. The van der Waals surface area contributed by atoms with E-state index in [1.165, 1.54) is 139 Å². The van der Waals surface area contributed by atoms with Gasteiger partial charge in [0.15, 0.2) is 11.2 Å². The van der Waals surface area contributed by atoms with Crippen LogP contribution in [0.5, 0.6) is 0 Å². The van der Waals surface area contributed by atoms with Crippen LogP contribution in [0.2, 0.25) is 0 Å². The van der Waals surface area contributed by atoms with Crippen molar-refractivity contribution >= 4 is 124 Å². The molecule has 2 aromatic heterocycles. The van der Waals surface area contributed by atoms with E-state index in [4.69, 9.17) is 8.83 Å². The number of fused-ring (bicyclic) bond motifs is 16. The van der Waals surface area contributed by atoms with Gasteiger partial charge in [-0.25, -0.2) is 0 Å². The van der Waals surface area contributed by atoms with Crippen LogP contribution in [0.15, 0.2) is 167 Å². The number of anilines is 10. The van der Waals surface area contributed by atoms with Crippen molar-refractivity contribution in [1.29, 1.82) is 0 Å². The molecule has 2 fully saturated rings. The van der Waals surface area contributed by atoms with Crippen molar-refractivity contribution in [3.05, 3.63) is 197 Å². The number of para-hydroxylation sites is 4. The third-order valence-corrected chi connectivity index (χ3v) is 22.0. The van der Waals surface area contributed by atoms with Gasteiger partial charge in [-0.05, 0) is 202 Å². The van der Waals surface area contributed by atoms with Crippen LogP contribution in [0.1, 0.15) is 118 Å². The number of rotatable bonds is 4. The summed E-state index contributed by atoms with van der Waals surface area (Å²) in [7, 11) is 0. The number of aryl methyl sites for hydroxylation is 5. The van der Waals surface area contributed by atoms with E-state index in [9.17, 15) is 0 Å². The summed E-state index contributed by atoms with van der Waals surface area (Å²) in [6, 6.07) is 60.4. The lowest BCUT2D eigenvalue weighted by atomic mass is 9.33. The molecule has 6 aliphatic rings. The van der Waals surface area contributed by atoms with E-state index < -0.39 is 0 Å². The van der Waals surface area contributed by atoms with Crippen molar-refractivity contribution < 1.29 is 8.83 Å². The predicted octanol–water partition coefficient (Wildman–Crippen LogP) is 18.6. The molecule has 0 amide bonds. The monoisotopic (exact) mass is 1070 g/mol. The number of hydrogen-bond donors (Lipinski definition) is 0. The van der Waals surface area contributed by atoms with Crippen molar-refractivity contribution in [1.82, 2.24) is 0 Å². The highest BCUT2D eigenvalue weighted by Gasteiger charge is 2.60. The Bertz CT molecular complexity index is 4340. The van der Waals surface area contributed by atoms with E-state index in [1.54, 1.807) is 0 Å². The molecule has 0 spiro atoms. The first-order valence-electron chi connectivity index (χ1n) is 30.4. The van der Waals surface area contributed by atoms with Crippen LogP contribution >= 0.6 is 0 Å². The van der Waals surface area contributed by atoms with Gasteiger partial charge in [-0.15, -0.1) is 0 Å². The smallest absolute Gasteiger partial charge is 0.252 e. The van der Waals surface area contributed by atoms with Crippen LogP contribution in [0.3, 0.4) is 0 Å². The fraction of sp³-hybridized carbons (Fsp3) is 0.280. The van der Waals surface area contributed by atoms with Gasteiger partial charge in [-0.2, -0.15) is 0 Å². The second-order valence-electron chi connectivity index (χ2n) is 26.6. The minimum absolute atomic E-state index is 0.00199. The average molecular weight is 1070 g/mol. The van der Waals surface area contributed by atoms with Gasteiger partial charge in [0.05, 0.1) is 22.5 Å². The van der Waals surface area contributed by atoms with Crippen LogP contribution in [0.4, 0.5) is 56.9 Å². The second kappa shape index (κ2) is 16.5. The Morgan fingerprint density at radius 3 is 1.24 bits per heavy atom. The van der Waals surface area contributed by atoms with Crippen molar-refractivity contribution in [2.45, 2.75) is 136 Å². The minimum atomic E-state index is -0.122. The first-order valence-corrected chi connectivity index (χ1v) is 30.4. The molecule has 0 bridgehead atoms. The quantitative estimate of drug-likeness (QED) is 0.164. The van der Waals surface area contributed by atoms with E-state index >= 15 is 0 Å². The molecule has 6 heterocycles. The van der Waals surface area contributed by atoms with E-state index in [2.05, 4.69) is 240 Å². The van der Waals surface area contributed by atoms with Gasteiger partial charge in [0.25, 0.3) is 6.71 Å². The van der Waals surface area contributed by atoms with Crippen LogP contribution in [-0.4, -0.2) is 17.8 Å². The molecule has 7 heteroatoms. The maximum absolute atomic E-state index is 7.10. The topological polar surface area (TPSA) is 39.2 Å². The number of furan rings is 2. The Hall–Kier alpha value is -8.16. The molecule has 2 saturated carbocycles. The zero-order valence-corrected chi connectivity index (χ0v) is 48.9. The molecule has 0 N–H and O–H groups in total. The Morgan fingerprint density at radius 1 is 0.378 bits per heavy atom. The zero-order chi connectivity index (χ0) is 55.5. The first-order chi connectivity index (χ1) is 39.7. The zero-order valence-electron chi connectivity index (χ0n) is 48.9. The molecule has 0 radical (unpaired) electrons. The summed E-state index contributed by atoms with van der Waals surface area (Å²) in [6.07, 6.45) is 9.55. The molecule has 0 saturated heterocycles. The number of benzene rings is 9. The molecule has 4 atom stereocenters. The van der Waals surface area contributed by atoms with E-state index in [-0.39, 0.29) is 28.6 Å². The van der Waals surface area contributed by atoms with Crippen molar-refractivity contribution in [2.24, 2.45) is 0 Å².